The zero-order valence-electron chi connectivity index (χ0n) is 12.8. The van der Waals surface area contributed by atoms with Gasteiger partial charge in [0.2, 0.25) is 5.91 Å². The van der Waals surface area contributed by atoms with E-state index in [1.807, 2.05) is 0 Å². The molecular formula is C15H26N2O4. The molecule has 1 atom stereocenters. The molecule has 0 spiro atoms. The maximum atomic E-state index is 12.3. The first-order valence-corrected chi connectivity index (χ1v) is 7.94. The van der Waals surface area contributed by atoms with Gasteiger partial charge in [-0.15, -0.1) is 0 Å². The molecule has 2 fully saturated rings. The molecule has 6 nitrogen and oxygen atoms in total. The van der Waals surface area contributed by atoms with Crippen molar-refractivity contribution in [2.24, 2.45) is 5.92 Å². The van der Waals surface area contributed by atoms with Gasteiger partial charge in [-0.3, -0.25) is 14.5 Å². The molecule has 120 valence electrons. The van der Waals surface area contributed by atoms with Crippen LogP contribution in [0.5, 0.6) is 0 Å². The fraction of sp³-hybridized carbons (Fsp3) is 0.867. The molecule has 21 heavy (non-hydrogen) atoms. The van der Waals surface area contributed by atoms with Crippen molar-refractivity contribution in [1.29, 1.82) is 0 Å². The largest absolute Gasteiger partial charge is 0.481 e. The Kier molecular flexibility index (Phi) is 5.99. The van der Waals surface area contributed by atoms with Gasteiger partial charge in [0.25, 0.3) is 0 Å². The van der Waals surface area contributed by atoms with E-state index >= 15 is 0 Å². The van der Waals surface area contributed by atoms with Gasteiger partial charge in [0.1, 0.15) is 0 Å². The summed E-state index contributed by atoms with van der Waals surface area (Å²) in [6, 6.07) is 0. The summed E-state index contributed by atoms with van der Waals surface area (Å²) < 4.78 is 5.62. The van der Waals surface area contributed by atoms with Crippen molar-refractivity contribution in [2.75, 3.05) is 39.3 Å². The first kappa shape index (κ1) is 16.2. The summed E-state index contributed by atoms with van der Waals surface area (Å²) in [7, 11) is 0. The SMILES string of the molecule is CCN(CC(=O)N1CCC(C(=O)O)CC1)CC1CCCO1. The van der Waals surface area contributed by atoms with Gasteiger partial charge in [-0.1, -0.05) is 6.92 Å². The number of carboxylic acid groups (broad SMARTS) is 1. The van der Waals surface area contributed by atoms with Crippen molar-refractivity contribution in [1.82, 2.24) is 9.80 Å². The van der Waals surface area contributed by atoms with Crippen LogP contribution >= 0.6 is 0 Å². The highest BCUT2D eigenvalue weighted by molar-refractivity contribution is 5.79. The van der Waals surface area contributed by atoms with Crippen LogP contribution in [-0.2, 0) is 14.3 Å². The first-order chi connectivity index (χ1) is 10.1. The van der Waals surface area contributed by atoms with E-state index in [2.05, 4.69) is 11.8 Å². The minimum atomic E-state index is -0.740. The molecule has 0 aromatic carbocycles. The van der Waals surface area contributed by atoms with Crippen LogP contribution in [0.25, 0.3) is 0 Å². The van der Waals surface area contributed by atoms with Crippen molar-refractivity contribution in [3.63, 3.8) is 0 Å². The van der Waals surface area contributed by atoms with Gasteiger partial charge in [0, 0.05) is 26.2 Å². The Morgan fingerprint density at radius 2 is 2.00 bits per heavy atom. The Balaban J connectivity index is 1.75. The summed E-state index contributed by atoms with van der Waals surface area (Å²) in [4.78, 5) is 27.2. The molecule has 0 bridgehead atoms. The van der Waals surface area contributed by atoms with E-state index in [1.165, 1.54) is 0 Å². The van der Waals surface area contributed by atoms with E-state index in [-0.39, 0.29) is 17.9 Å². The molecule has 2 saturated heterocycles. The van der Waals surface area contributed by atoms with Crippen molar-refractivity contribution >= 4 is 11.9 Å². The highest BCUT2D eigenvalue weighted by Crippen LogP contribution is 2.18. The number of rotatable bonds is 6. The number of likely N-dealkylation sites (tertiary alicyclic amines) is 1. The molecule has 1 unspecified atom stereocenters. The third-order valence-corrected chi connectivity index (χ3v) is 4.49. The molecular weight excluding hydrogens is 272 g/mol. The lowest BCUT2D eigenvalue weighted by Crippen LogP contribution is -2.46. The van der Waals surface area contributed by atoms with Gasteiger partial charge in [-0.25, -0.2) is 0 Å². The molecule has 0 radical (unpaired) electrons. The smallest absolute Gasteiger partial charge is 0.306 e. The van der Waals surface area contributed by atoms with Gasteiger partial charge in [-0.05, 0) is 32.2 Å². The summed E-state index contributed by atoms with van der Waals surface area (Å²) in [5, 5.41) is 8.98. The number of aliphatic carboxylic acids is 1. The van der Waals surface area contributed by atoms with E-state index in [0.29, 0.717) is 32.5 Å². The fourth-order valence-electron chi connectivity index (χ4n) is 3.05. The second-order valence-electron chi connectivity index (χ2n) is 5.96. The number of carbonyl (C=O) groups excluding carboxylic acids is 1. The van der Waals surface area contributed by atoms with Crippen LogP contribution in [0.4, 0.5) is 0 Å². The van der Waals surface area contributed by atoms with Gasteiger partial charge in [0.05, 0.1) is 18.6 Å². The Hall–Kier alpha value is -1.14. The van der Waals surface area contributed by atoms with Crippen LogP contribution in [0.1, 0.15) is 32.6 Å². The summed E-state index contributed by atoms with van der Waals surface area (Å²) in [5.74, 6) is -0.919. The van der Waals surface area contributed by atoms with Crippen LogP contribution < -0.4 is 0 Å². The van der Waals surface area contributed by atoms with E-state index in [9.17, 15) is 9.59 Å². The molecule has 0 aliphatic carbocycles. The van der Waals surface area contributed by atoms with E-state index in [1.54, 1.807) is 4.90 Å². The number of nitrogens with zero attached hydrogens (tertiary/aromatic N) is 2. The lowest BCUT2D eigenvalue weighted by molar-refractivity contribution is -0.146. The highest BCUT2D eigenvalue weighted by atomic mass is 16.5. The predicted molar refractivity (Wildman–Crippen MR) is 78.0 cm³/mol. The fourth-order valence-corrected chi connectivity index (χ4v) is 3.05. The normalized spacial score (nSPS) is 23.7. The van der Waals surface area contributed by atoms with Gasteiger partial charge in [0.15, 0.2) is 0 Å². The summed E-state index contributed by atoms with van der Waals surface area (Å²) in [6.07, 6.45) is 3.58. The standard InChI is InChI=1S/C15H26N2O4/c1-2-16(10-13-4-3-9-21-13)11-14(18)17-7-5-12(6-8-17)15(19)20/h12-13H,2-11H2,1H3,(H,19,20). The van der Waals surface area contributed by atoms with Crippen LogP contribution in [-0.4, -0.2) is 72.2 Å². The zero-order valence-corrected chi connectivity index (χ0v) is 12.8. The molecule has 0 aromatic rings. The molecule has 6 heteroatoms. The minimum absolute atomic E-state index is 0.110. The highest BCUT2D eigenvalue weighted by Gasteiger charge is 2.28. The van der Waals surface area contributed by atoms with E-state index < -0.39 is 5.97 Å². The van der Waals surface area contributed by atoms with Crippen LogP contribution in [0.3, 0.4) is 0 Å². The zero-order chi connectivity index (χ0) is 15.2. The van der Waals surface area contributed by atoms with Crippen LogP contribution in [0, 0.1) is 5.92 Å². The molecule has 2 aliphatic rings. The van der Waals surface area contributed by atoms with E-state index in [4.69, 9.17) is 9.84 Å². The maximum absolute atomic E-state index is 12.3. The summed E-state index contributed by atoms with van der Waals surface area (Å²) in [6.45, 7) is 6.07. The van der Waals surface area contributed by atoms with Crippen molar-refractivity contribution in [2.45, 2.75) is 38.7 Å². The summed E-state index contributed by atoms with van der Waals surface area (Å²) in [5.41, 5.74) is 0. The van der Waals surface area contributed by atoms with Crippen molar-refractivity contribution in [3.05, 3.63) is 0 Å². The number of likely N-dealkylation sites (N-methyl/N-ethyl adjacent to an activating group) is 1. The Morgan fingerprint density at radius 3 is 2.52 bits per heavy atom. The third-order valence-electron chi connectivity index (χ3n) is 4.49. The van der Waals surface area contributed by atoms with Gasteiger partial charge >= 0.3 is 5.97 Å². The number of piperidine rings is 1. The number of amides is 1. The topological polar surface area (TPSA) is 70.1 Å². The first-order valence-electron chi connectivity index (χ1n) is 7.94. The van der Waals surface area contributed by atoms with E-state index in [0.717, 1.165) is 32.5 Å². The molecule has 2 rings (SSSR count). The minimum Gasteiger partial charge on any atom is -0.481 e. The molecule has 2 aliphatic heterocycles. The second-order valence-corrected chi connectivity index (χ2v) is 5.96. The number of carboxylic acids is 1. The Labute approximate surface area is 126 Å². The molecule has 2 heterocycles. The monoisotopic (exact) mass is 298 g/mol. The predicted octanol–water partition coefficient (Wildman–Crippen LogP) is 0.810. The lowest BCUT2D eigenvalue weighted by atomic mass is 9.97. The molecule has 1 N–H and O–H groups in total. The average Bonchev–Trinajstić information content (AvgIpc) is 2.99. The quantitative estimate of drug-likeness (QED) is 0.786. The number of hydrogen-bond donors (Lipinski definition) is 1. The number of ether oxygens (including phenoxy) is 1. The van der Waals surface area contributed by atoms with Gasteiger partial charge < -0.3 is 14.7 Å². The maximum Gasteiger partial charge on any atom is 0.306 e. The molecule has 0 saturated carbocycles. The molecule has 0 aromatic heterocycles. The summed E-state index contributed by atoms with van der Waals surface area (Å²) >= 11 is 0. The number of carbonyl (C=O) groups is 2. The second kappa shape index (κ2) is 7.75. The van der Waals surface area contributed by atoms with Crippen LogP contribution in [0.15, 0.2) is 0 Å². The van der Waals surface area contributed by atoms with Crippen molar-refractivity contribution < 1.29 is 19.4 Å². The lowest BCUT2D eigenvalue weighted by Gasteiger charge is -2.32. The number of hydrogen-bond acceptors (Lipinski definition) is 4. The van der Waals surface area contributed by atoms with Gasteiger partial charge in [-0.2, -0.15) is 0 Å². The third kappa shape index (κ3) is 4.68. The van der Waals surface area contributed by atoms with Crippen LogP contribution in [0.2, 0.25) is 0 Å². The molecule has 1 amide bonds. The average molecular weight is 298 g/mol. The van der Waals surface area contributed by atoms with Crippen molar-refractivity contribution in [3.8, 4) is 0 Å². The Morgan fingerprint density at radius 1 is 1.29 bits per heavy atom. The Bertz CT molecular complexity index is 361.